The zero-order valence-electron chi connectivity index (χ0n) is 40.7. The molecular formula is C52H92O14. The van der Waals surface area contributed by atoms with E-state index in [1.165, 1.54) is 64.2 Å². The SMILES string of the molecule is CC/C=C\C/C=C\C/C=C\CCCCCCCCCCOCC(COC1OC(COC2OC(CO)C(O)C(O)C2O)C(O)C(O)C1O)OC(=O)CCCCCCC/C=C\CCCCCCC. The van der Waals surface area contributed by atoms with Crippen LogP contribution in [0.25, 0.3) is 0 Å². The molecule has 0 aromatic rings. The summed E-state index contributed by atoms with van der Waals surface area (Å²) in [6.07, 6.45) is 28.8. The summed E-state index contributed by atoms with van der Waals surface area (Å²) in [5, 5.41) is 72.1. The van der Waals surface area contributed by atoms with Crippen LogP contribution < -0.4 is 0 Å². The lowest BCUT2D eigenvalue weighted by molar-refractivity contribution is -0.332. The number of carbonyl (C=O) groups is 1. The Hall–Kier alpha value is -2.05. The van der Waals surface area contributed by atoms with Crippen molar-refractivity contribution in [3.05, 3.63) is 48.6 Å². The minimum atomic E-state index is -1.71. The molecule has 0 bridgehead atoms. The Bertz CT molecular complexity index is 1280. The molecule has 0 aromatic heterocycles. The average Bonchev–Trinajstić information content (AvgIpc) is 3.31. The molecule has 7 N–H and O–H groups in total. The first kappa shape index (κ1) is 60.1. The van der Waals surface area contributed by atoms with Gasteiger partial charge in [-0.05, 0) is 70.6 Å². The van der Waals surface area contributed by atoms with Crippen molar-refractivity contribution in [3.8, 4) is 0 Å². The highest BCUT2D eigenvalue weighted by molar-refractivity contribution is 5.69. The maximum absolute atomic E-state index is 13.0. The van der Waals surface area contributed by atoms with Crippen molar-refractivity contribution in [2.45, 2.75) is 242 Å². The smallest absolute Gasteiger partial charge is 0.306 e. The van der Waals surface area contributed by atoms with Crippen molar-refractivity contribution >= 4 is 5.97 Å². The standard InChI is InChI=1S/C52H92O14/c1-3-5-7-9-11-13-15-17-19-20-21-22-24-26-28-30-32-34-36-61-38-41(64-44(54)35-33-31-29-27-25-23-18-16-14-12-10-8-6-4-2)39-62-51-50(60)48(58)46(56)43(66-51)40-63-52-49(59)47(57)45(55)42(37-53)65-52/h5,7,11,13,16-19,41-43,45-53,55-60H,3-4,6,8-10,12,14-15,20-40H2,1-2H3/b7-5-,13-11-,18-16-,19-17-. The molecule has 11 atom stereocenters. The van der Waals surface area contributed by atoms with Gasteiger partial charge in [0.2, 0.25) is 0 Å². The first-order valence-corrected chi connectivity index (χ1v) is 25.7. The topological polar surface area (TPSA) is 214 Å². The predicted molar refractivity (Wildman–Crippen MR) is 256 cm³/mol. The number of rotatable bonds is 40. The molecule has 0 aromatic carbocycles. The Morgan fingerprint density at radius 3 is 1.56 bits per heavy atom. The monoisotopic (exact) mass is 941 g/mol. The number of unbranched alkanes of at least 4 members (excludes halogenated alkanes) is 18. The minimum absolute atomic E-state index is 0.0523. The third-order valence-electron chi connectivity index (χ3n) is 12.1. The molecule has 0 spiro atoms. The molecule has 2 heterocycles. The van der Waals surface area contributed by atoms with Gasteiger partial charge in [-0.3, -0.25) is 4.79 Å². The molecule has 0 amide bonds. The number of aliphatic hydroxyl groups is 7. The number of allylic oxidation sites excluding steroid dienone is 8. The van der Waals surface area contributed by atoms with E-state index in [9.17, 15) is 40.5 Å². The maximum atomic E-state index is 13.0. The lowest BCUT2D eigenvalue weighted by Gasteiger charge is -2.42. The molecule has 384 valence electrons. The third kappa shape index (κ3) is 27.2. The highest BCUT2D eigenvalue weighted by Gasteiger charge is 2.47. The van der Waals surface area contributed by atoms with Gasteiger partial charge in [-0.15, -0.1) is 0 Å². The van der Waals surface area contributed by atoms with Crippen LogP contribution in [0.2, 0.25) is 0 Å². The van der Waals surface area contributed by atoms with Gasteiger partial charge in [0.15, 0.2) is 12.6 Å². The molecule has 14 heteroatoms. The summed E-state index contributed by atoms with van der Waals surface area (Å²) < 4.78 is 34.3. The molecule has 11 unspecified atom stereocenters. The molecule has 14 nitrogen and oxygen atoms in total. The highest BCUT2D eigenvalue weighted by Crippen LogP contribution is 2.26. The summed E-state index contributed by atoms with van der Waals surface area (Å²) in [5.41, 5.74) is 0. The van der Waals surface area contributed by atoms with Gasteiger partial charge in [-0.25, -0.2) is 0 Å². The number of hydrogen-bond donors (Lipinski definition) is 7. The first-order valence-electron chi connectivity index (χ1n) is 25.7. The second kappa shape index (κ2) is 39.8. The van der Waals surface area contributed by atoms with Gasteiger partial charge in [0.05, 0.1) is 26.4 Å². The maximum Gasteiger partial charge on any atom is 0.306 e. The molecule has 66 heavy (non-hydrogen) atoms. The van der Waals surface area contributed by atoms with E-state index < -0.39 is 80.7 Å². The van der Waals surface area contributed by atoms with Gasteiger partial charge in [-0.1, -0.05) is 146 Å². The van der Waals surface area contributed by atoms with E-state index in [0.717, 1.165) is 83.5 Å². The summed E-state index contributed by atoms with van der Waals surface area (Å²) in [5.74, 6) is -0.389. The second-order valence-electron chi connectivity index (χ2n) is 18.0. The van der Waals surface area contributed by atoms with Crippen LogP contribution in [0.1, 0.15) is 174 Å². The van der Waals surface area contributed by atoms with E-state index in [2.05, 4.69) is 62.5 Å². The van der Waals surface area contributed by atoms with Crippen LogP contribution in [-0.2, 0) is 33.2 Å². The van der Waals surface area contributed by atoms with Gasteiger partial charge in [-0.2, -0.15) is 0 Å². The second-order valence-corrected chi connectivity index (χ2v) is 18.0. The van der Waals surface area contributed by atoms with Crippen molar-refractivity contribution in [2.75, 3.05) is 33.0 Å². The lowest BCUT2D eigenvalue weighted by atomic mass is 9.98. The fourth-order valence-electron chi connectivity index (χ4n) is 7.88. The molecule has 0 aliphatic carbocycles. The van der Waals surface area contributed by atoms with Crippen LogP contribution in [0.3, 0.4) is 0 Å². The summed E-state index contributed by atoms with van der Waals surface area (Å²) in [6.45, 7) is 3.53. The number of hydrogen-bond acceptors (Lipinski definition) is 14. The van der Waals surface area contributed by atoms with Crippen molar-refractivity contribution in [2.24, 2.45) is 0 Å². The predicted octanol–water partition coefficient (Wildman–Crippen LogP) is 7.57. The van der Waals surface area contributed by atoms with Crippen LogP contribution in [0, 0.1) is 0 Å². The van der Waals surface area contributed by atoms with Crippen LogP contribution in [0.15, 0.2) is 48.6 Å². The van der Waals surface area contributed by atoms with Crippen LogP contribution >= 0.6 is 0 Å². The number of ether oxygens (including phenoxy) is 6. The largest absolute Gasteiger partial charge is 0.457 e. The fourth-order valence-corrected chi connectivity index (χ4v) is 7.88. The van der Waals surface area contributed by atoms with E-state index in [1.54, 1.807) is 0 Å². The fraction of sp³-hybridized carbons (Fsp3) is 0.827. The number of esters is 1. The van der Waals surface area contributed by atoms with Crippen LogP contribution in [0.4, 0.5) is 0 Å². The van der Waals surface area contributed by atoms with E-state index in [0.29, 0.717) is 13.0 Å². The minimum Gasteiger partial charge on any atom is -0.457 e. The quantitative estimate of drug-likeness (QED) is 0.0179. The highest BCUT2D eigenvalue weighted by atomic mass is 16.7. The number of aliphatic hydroxyl groups excluding tert-OH is 7. The molecule has 2 aliphatic rings. The summed E-state index contributed by atoms with van der Waals surface area (Å²) >= 11 is 0. The lowest BCUT2D eigenvalue weighted by Crippen LogP contribution is -2.61. The van der Waals surface area contributed by atoms with Gasteiger partial charge in [0.25, 0.3) is 0 Å². The molecule has 0 saturated carbocycles. The van der Waals surface area contributed by atoms with Crippen molar-refractivity contribution in [1.29, 1.82) is 0 Å². The molecule has 2 fully saturated rings. The molecule has 2 rings (SSSR count). The van der Waals surface area contributed by atoms with E-state index >= 15 is 0 Å². The average molecular weight is 941 g/mol. The van der Waals surface area contributed by atoms with Crippen molar-refractivity contribution in [3.63, 3.8) is 0 Å². The summed E-state index contributed by atoms with van der Waals surface area (Å²) in [6, 6.07) is 0. The van der Waals surface area contributed by atoms with Crippen LogP contribution in [-0.4, -0.2) is 142 Å². The van der Waals surface area contributed by atoms with Gasteiger partial charge >= 0.3 is 5.97 Å². The Labute approximate surface area is 397 Å². The Kier molecular flexibility index (Phi) is 36.2. The van der Waals surface area contributed by atoms with Crippen molar-refractivity contribution < 1.29 is 69.0 Å². The zero-order valence-corrected chi connectivity index (χ0v) is 40.7. The van der Waals surface area contributed by atoms with Gasteiger partial charge < -0.3 is 64.2 Å². The Balaban J connectivity index is 1.77. The summed E-state index contributed by atoms with van der Waals surface area (Å²) in [7, 11) is 0. The Morgan fingerprint density at radius 1 is 0.515 bits per heavy atom. The van der Waals surface area contributed by atoms with Gasteiger partial charge in [0.1, 0.15) is 54.9 Å². The van der Waals surface area contributed by atoms with E-state index in [4.69, 9.17) is 28.4 Å². The molecule has 0 radical (unpaired) electrons. The molecule has 2 aliphatic heterocycles. The first-order chi connectivity index (χ1) is 32.1. The molecule has 2 saturated heterocycles. The normalized spacial score (nSPS) is 26.7. The third-order valence-corrected chi connectivity index (χ3v) is 12.1. The van der Waals surface area contributed by atoms with E-state index in [-0.39, 0.29) is 25.6 Å². The van der Waals surface area contributed by atoms with Crippen LogP contribution in [0.5, 0.6) is 0 Å². The number of carbonyl (C=O) groups excluding carboxylic acids is 1. The zero-order chi connectivity index (χ0) is 48.0. The van der Waals surface area contributed by atoms with E-state index in [1.807, 2.05) is 0 Å². The van der Waals surface area contributed by atoms with Gasteiger partial charge in [0, 0.05) is 13.0 Å². The molecular weight excluding hydrogens is 849 g/mol. The summed E-state index contributed by atoms with van der Waals surface area (Å²) in [4.78, 5) is 13.0. The van der Waals surface area contributed by atoms with Crippen molar-refractivity contribution in [1.82, 2.24) is 0 Å². The Morgan fingerprint density at radius 2 is 0.985 bits per heavy atom.